The average Bonchev–Trinajstić information content (AvgIpc) is 3.53. The van der Waals surface area contributed by atoms with Crippen molar-refractivity contribution in [3.05, 3.63) is 42.5 Å². The summed E-state index contributed by atoms with van der Waals surface area (Å²) >= 11 is 0. The third kappa shape index (κ3) is 5.69. The molecule has 2 fully saturated rings. The van der Waals surface area contributed by atoms with Crippen LogP contribution in [0.15, 0.2) is 36.9 Å². The lowest BCUT2D eigenvalue weighted by Gasteiger charge is -2.29. The average molecular weight is 552 g/mol. The SMILES string of the molecule is CN(CCCCC(=O)Nc1ccc(C(C)(C)C)cc1)CC1OCC2(n3cnc4c(N)ncnc43)OC(C)(C)OC12. The molecule has 1 aromatic carbocycles. The molecule has 5 rings (SSSR count). The molecule has 0 saturated carbocycles. The van der Waals surface area contributed by atoms with Gasteiger partial charge in [0.2, 0.25) is 11.6 Å². The lowest BCUT2D eigenvalue weighted by atomic mass is 9.87. The molecule has 3 aromatic rings. The summed E-state index contributed by atoms with van der Waals surface area (Å²) in [6, 6.07) is 8.09. The van der Waals surface area contributed by atoms with E-state index in [-0.39, 0.29) is 23.5 Å². The van der Waals surface area contributed by atoms with Gasteiger partial charge in [0.05, 0.1) is 12.9 Å². The summed E-state index contributed by atoms with van der Waals surface area (Å²) in [7, 11) is 2.06. The molecule has 2 aliphatic rings. The number of carbonyl (C=O) groups excluding carboxylic acids is 1. The molecule has 40 heavy (non-hydrogen) atoms. The zero-order valence-electron chi connectivity index (χ0n) is 24.3. The molecular weight excluding hydrogens is 510 g/mol. The Bertz CT molecular complexity index is 1350. The van der Waals surface area contributed by atoms with Crippen molar-refractivity contribution in [2.75, 3.05) is 37.8 Å². The number of anilines is 2. The number of ether oxygens (including phenoxy) is 3. The minimum atomic E-state index is -0.909. The number of benzene rings is 1. The van der Waals surface area contributed by atoms with Crippen LogP contribution in [0.2, 0.25) is 0 Å². The molecule has 0 radical (unpaired) electrons. The lowest BCUT2D eigenvalue weighted by Crippen LogP contribution is -2.46. The van der Waals surface area contributed by atoms with E-state index in [0.717, 1.165) is 25.1 Å². The molecule has 11 heteroatoms. The number of aromatic nitrogens is 4. The topological polar surface area (TPSA) is 130 Å². The van der Waals surface area contributed by atoms with Crippen molar-refractivity contribution in [2.24, 2.45) is 0 Å². The number of nitrogens with two attached hydrogens (primary N) is 1. The van der Waals surface area contributed by atoms with Crippen LogP contribution in [0.5, 0.6) is 0 Å². The molecule has 3 unspecified atom stereocenters. The number of fused-ring (bicyclic) bond motifs is 2. The molecule has 2 aliphatic heterocycles. The number of likely N-dealkylation sites (N-methyl/N-ethyl adjacent to an activating group) is 1. The van der Waals surface area contributed by atoms with E-state index < -0.39 is 11.5 Å². The van der Waals surface area contributed by atoms with Gasteiger partial charge in [-0.05, 0) is 63.4 Å². The summed E-state index contributed by atoms with van der Waals surface area (Å²) in [5.74, 6) is -0.455. The highest BCUT2D eigenvalue weighted by Gasteiger charge is 2.63. The Balaban J connectivity index is 1.14. The first-order valence-corrected chi connectivity index (χ1v) is 13.9. The number of imidazole rings is 1. The van der Waals surface area contributed by atoms with Crippen LogP contribution >= 0.6 is 0 Å². The molecule has 11 nitrogen and oxygen atoms in total. The van der Waals surface area contributed by atoms with Crippen molar-refractivity contribution in [1.82, 2.24) is 24.4 Å². The number of unbranched alkanes of at least 4 members (excludes halogenated alkanes) is 1. The maximum atomic E-state index is 12.5. The number of amides is 1. The smallest absolute Gasteiger partial charge is 0.224 e. The Kier molecular flexibility index (Phi) is 7.60. The van der Waals surface area contributed by atoms with E-state index in [4.69, 9.17) is 19.9 Å². The molecule has 0 bridgehead atoms. The van der Waals surface area contributed by atoms with Crippen molar-refractivity contribution in [3.63, 3.8) is 0 Å². The van der Waals surface area contributed by atoms with E-state index in [1.807, 2.05) is 30.5 Å². The second-order valence-corrected chi connectivity index (χ2v) is 12.4. The van der Waals surface area contributed by atoms with Gasteiger partial charge < -0.3 is 30.2 Å². The number of nitrogens with one attached hydrogen (secondary N) is 1. The van der Waals surface area contributed by atoms with Crippen molar-refractivity contribution < 1.29 is 19.0 Å². The van der Waals surface area contributed by atoms with Crippen molar-refractivity contribution in [1.29, 1.82) is 0 Å². The molecule has 0 aliphatic carbocycles. The first-order chi connectivity index (χ1) is 18.9. The number of carbonyl (C=O) groups is 1. The summed E-state index contributed by atoms with van der Waals surface area (Å²) in [4.78, 5) is 27.6. The fourth-order valence-electron chi connectivity index (χ4n) is 5.57. The first-order valence-electron chi connectivity index (χ1n) is 13.9. The van der Waals surface area contributed by atoms with Crippen LogP contribution in [0.3, 0.4) is 0 Å². The largest absolute Gasteiger partial charge is 0.382 e. The number of nitrogen functional groups attached to an aromatic ring is 1. The highest BCUT2D eigenvalue weighted by atomic mass is 16.8. The van der Waals surface area contributed by atoms with Crippen LogP contribution in [0.25, 0.3) is 11.2 Å². The van der Waals surface area contributed by atoms with Gasteiger partial charge in [-0.1, -0.05) is 32.9 Å². The first kappa shape index (κ1) is 28.4. The summed E-state index contributed by atoms with van der Waals surface area (Å²) in [5.41, 5.74) is 8.38. The standard InChI is InChI=1S/C29H41N7O4/c1-27(2,3)19-10-12-20(13-11-19)34-22(37)9-7-8-14-35(6)15-21-24-29(16-38-21,40-28(4,5)39-24)36-18-33-23-25(30)31-17-32-26(23)36/h10-13,17-18,21,24H,7-9,14-16H2,1-6H3,(H,34,37)(H2,30,31,32). The molecule has 2 saturated heterocycles. The third-order valence-corrected chi connectivity index (χ3v) is 7.61. The van der Waals surface area contributed by atoms with Gasteiger partial charge in [0.25, 0.3) is 0 Å². The maximum absolute atomic E-state index is 12.5. The van der Waals surface area contributed by atoms with E-state index >= 15 is 0 Å². The Hall–Kier alpha value is -3.12. The second kappa shape index (κ2) is 10.7. The van der Waals surface area contributed by atoms with E-state index in [9.17, 15) is 4.79 Å². The van der Waals surface area contributed by atoms with E-state index in [1.165, 1.54) is 11.9 Å². The van der Waals surface area contributed by atoms with Gasteiger partial charge in [-0.2, -0.15) is 0 Å². The maximum Gasteiger partial charge on any atom is 0.224 e. The van der Waals surface area contributed by atoms with E-state index in [0.29, 0.717) is 36.6 Å². The zero-order chi connectivity index (χ0) is 28.7. The second-order valence-electron chi connectivity index (χ2n) is 12.4. The van der Waals surface area contributed by atoms with Gasteiger partial charge in [0.15, 0.2) is 17.3 Å². The van der Waals surface area contributed by atoms with Crippen LogP contribution in [-0.4, -0.2) is 75.1 Å². The monoisotopic (exact) mass is 551 g/mol. The minimum Gasteiger partial charge on any atom is -0.382 e. The fraction of sp³-hybridized carbons (Fsp3) is 0.586. The van der Waals surface area contributed by atoms with Gasteiger partial charge in [-0.3, -0.25) is 9.36 Å². The summed E-state index contributed by atoms with van der Waals surface area (Å²) in [5, 5.41) is 3.01. The molecule has 4 heterocycles. The molecular formula is C29H41N7O4. The van der Waals surface area contributed by atoms with Gasteiger partial charge in [-0.25, -0.2) is 15.0 Å². The summed E-state index contributed by atoms with van der Waals surface area (Å²) < 4.78 is 21.0. The van der Waals surface area contributed by atoms with Crippen LogP contribution in [-0.2, 0) is 30.1 Å². The molecule has 1 amide bonds. The highest BCUT2D eigenvalue weighted by molar-refractivity contribution is 5.90. The number of nitrogens with zero attached hydrogens (tertiary/aromatic N) is 5. The predicted molar refractivity (Wildman–Crippen MR) is 153 cm³/mol. The Morgan fingerprint density at radius 3 is 2.65 bits per heavy atom. The normalized spacial score (nSPS) is 24.1. The Morgan fingerprint density at radius 2 is 1.93 bits per heavy atom. The molecule has 216 valence electrons. The molecule has 3 N–H and O–H groups in total. The molecule has 0 spiro atoms. The summed E-state index contributed by atoms with van der Waals surface area (Å²) in [6.45, 7) is 12.1. The number of hydrogen-bond donors (Lipinski definition) is 2. The minimum absolute atomic E-state index is 0.0332. The Morgan fingerprint density at radius 1 is 1.18 bits per heavy atom. The van der Waals surface area contributed by atoms with E-state index in [2.05, 4.69) is 65.1 Å². The molecule has 3 atom stereocenters. The predicted octanol–water partition coefficient (Wildman–Crippen LogP) is 3.65. The lowest BCUT2D eigenvalue weighted by molar-refractivity contribution is -0.205. The fourth-order valence-corrected chi connectivity index (χ4v) is 5.57. The van der Waals surface area contributed by atoms with Gasteiger partial charge >= 0.3 is 0 Å². The van der Waals surface area contributed by atoms with Gasteiger partial charge in [-0.15, -0.1) is 0 Å². The number of rotatable bonds is 9. The van der Waals surface area contributed by atoms with Crippen LogP contribution in [0.4, 0.5) is 11.5 Å². The van der Waals surface area contributed by atoms with Gasteiger partial charge in [0.1, 0.15) is 24.1 Å². The highest BCUT2D eigenvalue weighted by Crippen LogP contribution is 2.47. The summed E-state index contributed by atoms with van der Waals surface area (Å²) in [6.07, 6.45) is 4.67. The van der Waals surface area contributed by atoms with E-state index in [1.54, 1.807) is 6.33 Å². The van der Waals surface area contributed by atoms with Gasteiger partial charge in [0, 0.05) is 18.7 Å². The number of hydrogen-bond acceptors (Lipinski definition) is 9. The molecule has 2 aromatic heterocycles. The van der Waals surface area contributed by atoms with Crippen LogP contribution < -0.4 is 11.1 Å². The van der Waals surface area contributed by atoms with Crippen molar-refractivity contribution in [3.8, 4) is 0 Å². The Labute approximate surface area is 235 Å². The van der Waals surface area contributed by atoms with Crippen molar-refractivity contribution in [2.45, 2.75) is 83.0 Å². The van der Waals surface area contributed by atoms with Crippen LogP contribution in [0, 0.1) is 0 Å². The zero-order valence-corrected chi connectivity index (χ0v) is 24.3. The third-order valence-electron chi connectivity index (χ3n) is 7.61. The van der Waals surface area contributed by atoms with Crippen molar-refractivity contribution >= 4 is 28.6 Å². The van der Waals surface area contributed by atoms with Crippen LogP contribution in [0.1, 0.15) is 59.4 Å². The quantitative estimate of drug-likeness (QED) is 0.383.